The Kier molecular flexibility index (Phi) is 53.3. The third-order valence-electron chi connectivity index (χ3n) is 12.3. The Morgan fingerprint density at radius 3 is 1.14 bits per heavy atom. The predicted octanol–water partition coefficient (Wildman–Crippen LogP) is 19.1. The monoisotopic (exact) mass is 897 g/mol. The molecule has 5 nitrogen and oxygen atoms in total. The van der Waals surface area contributed by atoms with Crippen molar-refractivity contribution < 1.29 is 23.8 Å². The molecule has 1 atom stereocenters. The molecule has 0 saturated carbocycles. The fraction of sp³-hybridized carbons (Fsp3) is 0.831. The quantitative estimate of drug-likeness (QED) is 0.0346. The summed E-state index contributed by atoms with van der Waals surface area (Å²) in [6.45, 7) is 7.79. The summed E-state index contributed by atoms with van der Waals surface area (Å²) in [5.41, 5.74) is 0. The highest BCUT2D eigenvalue weighted by Gasteiger charge is 2.17. The average molecular weight is 898 g/mol. The number of carbonyl (C=O) groups excluding carboxylic acids is 2. The highest BCUT2D eigenvalue weighted by atomic mass is 16.6. The molecule has 0 aromatic heterocycles. The fourth-order valence-electron chi connectivity index (χ4n) is 8.09. The molecule has 0 spiro atoms. The van der Waals surface area contributed by atoms with E-state index in [2.05, 4.69) is 69.4 Å². The van der Waals surface area contributed by atoms with Gasteiger partial charge in [-0.05, 0) is 77.0 Å². The number of unbranched alkanes of at least 4 members (excludes halogenated alkanes) is 33. The van der Waals surface area contributed by atoms with E-state index < -0.39 is 6.10 Å². The van der Waals surface area contributed by atoms with E-state index in [4.69, 9.17) is 14.2 Å². The van der Waals surface area contributed by atoms with Crippen LogP contribution in [-0.2, 0) is 23.8 Å². The third kappa shape index (κ3) is 52.5. The largest absolute Gasteiger partial charge is 0.462 e. The Labute approximate surface area is 399 Å². The molecule has 0 saturated heterocycles. The second kappa shape index (κ2) is 55.2. The predicted molar refractivity (Wildman–Crippen MR) is 279 cm³/mol. The Hall–Kier alpha value is -2.14. The number of hydrogen-bond acceptors (Lipinski definition) is 5. The minimum atomic E-state index is -0.542. The lowest BCUT2D eigenvalue weighted by atomic mass is 10.0. The number of esters is 2. The van der Waals surface area contributed by atoms with Crippen molar-refractivity contribution in [2.45, 2.75) is 297 Å². The second-order valence-corrected chi connectivity index (χ2v) is 18.8. The Bertz CT molecular complexity index is 1060. The van der Waals surface area contributed by atoms with E-state index in [1.807, 2.05) is 0 Å². The molecule has 5 heteroatoms. The first-order valence-corrected chi connectivity index (χ1v) is 28.2. The third-order valence-corrected chi connectivity index (χ3v) is 12.3. The first-order valence-electron chi connectivity index (χ1n) is 28.2. The minimum absolute atomic E-state index is 0.0794. The Morgan fingerprint density at radius 2 is 0.672 bits per heavy atom. The van der Waals surface area contributed by atoms with Crippen molar-refractivity contribution in [1.82, 2.24) is 0 Å². The van der Waals surface area contributed by atoms with Crippen LogP contribution in [0.25, 0.3) is 0 Å². The minimum Gasteiger partial charge on any atom is -0.462 e. The van der Waals surface area contributed by atoms with Gasteiger partial charge in [0.15, 0.2) is 6.10 Å². The molecule has 374 valence electrons. The molecule has 0 radical (unpaired) electrons. The van der Waals surface area contributed by atoms with Crippen LogP contribution in [-0.4, -0.2) is 37.9 Å². The van der Waals surface area contributed by atoms with Gasteiger partial charge in [-0.2, -0.15) is 0 Å². The standard InChI is InChI=1S/C59H108O5/c1-4-7-10-13-16-19-22-25-27-29-30-32-33-35-37-40-43-46-49-52-58(60)63-56-57(55-62-54-51-48-45-42-39-24-21-18-15-12-9-6-3)64-59(61)53-50-47-44-41-38-36-34-31-28-26-23-20-17-14-11-8-5-2/h15-16,18-19,25,27,30,32,57H,4-14,17,20-24,26,28-29,31,33-56H2,1-3H3/b18-15-,19-16-,27-25-,32-30-. The molecular formula is C59H108O5. The first kappa shape index (κ1) is 61.9. The molecule has 0 N–H and O–H groups in total. The molecule has 0 bridgehead atoms. The van der Waals surface area contributed by atoms with Crippen LogP contribution >= 0.6 is 0 Å². The van der Waals surface area contributed by atoms with E-state index in [-0.39, 0.29) is 25.2 Å². The lowest BCUT2D eigenvalue weighted by Gasteiger charge is -2.18. The van der Waals surface area contributed by atoms with Gasteiger partial charge in [0.2, 0.25) is 0 Å². The van der Waals surface area contributed by atoms with E-state index in [1.165, 1.54) is 193 Å². The summed E-state index contributed by atoms with van der Waals surface area (Å²) in [7, 11) is 0. The molecular weight excluding hydrogens is 789 g/mol. The molecule has 0 rings (SSSR count). The van der Waals surface area contributed by atoms with Crippen molar-refractivity contribution in [3.63, 3.8) is 0 Å². The summed E-state index contributed by atoms with van der Waals surface area (Å²) in [6, 6.07) is 0. The Balaban J connectivity index is 4.23. The summed E-state index contributed by atoms with van der Waals surface area (Å²) in [5.74, 6) is -0.401. The molecule has 64 heavy (non-hydrogen) atoms. The van der Waals surface area contributed by atoms with Gasteiger partial charge in [-0.15, -0.1) is 0 Å². The van der Waals surface area contributed by atoms with Crippen LogP contribution < -0.4 is 0 Å². The normalized spacial score (nSPS) is 12.5. The van der Waals surface area contributed by atoms with E-state index >= 15 is 0 Å². The molecule has 0 aliphatic heterocycles. The van der Waals surface area contributed by atoms with Crippen molar-refractivity contribution in [3.05, 3.63) is 48.6 Å². The van der Waals surface area contributed by atoms with Crippen molar-refractivity contribution in [2.75, 3.05) is 19.8 Å². The number of rotatable bonds is 52. The maximum atomic E-state index is 12.8. The van der Waals surface area contributed by atoms with Crippen molar-refractivity contribution in [1.29, 1.82) is 0 Å². The first-order chi connectivity index (χ1) is 31.6. The van der Waals surface area contributed by atoms with Crippen LogP contribution in [0.2, 0.25) is 0 Å². The highest BCUT2D eigenvalue weighted by Crippen LogP contribution is 2.16. The zero-order chi connectivity index (χ0) is 46.3. The summed E-state index contributed by atoms with van der Waals surface area (Å²) >= 11 is 0. The van der Waals surface area contributed by atoms with Gasteiger partial charge in [0.1, 0.15) is 6.61 Å². The van der Waals surface area contributed by atoms with Crippen LogP contribution in [0.5, 0.6) is 0 Å². The van der Waals surface area contributed by atoms with Gasteiger partial charge in [-0.3, -0.25) is 9.59 Å². The summed E-state index contributed by atoms with van der Waals surface area (Å²) in [4.78, 5) is 25.5. The van der Waals surface area contributed by atoms with E-state index in [0.29, 0.717) is 19.4 Å². The smallest absolute Gasteiger partial charge is 0.306 e. The lowest BCUT2D eigenvalue weighted by molar-refractivity contribution is -0.163. The van der Waals surface area contributed by atoms with E-state index in [0.717, 1.165) is 64.2 Å². The van der Waals surface area contributed by atoms with Crippen LogP contribution in [0.1, 0.15) is 290 Å². The number of allylic oxidation sites excluding steroid dienone is 8. The van der Waals surface area contributed by atoms with Gasteiger partial charge < -0.3 is 14.2 Å². The fourth-order valence-corrected chi connectivity index (χ4v) is 8.09. The molecule has 0 aliphatic rings. The second-order valence-electron chi connectivity index (χ2n) is 18.8. The summed E-state index contributed by atoms with van der Waals surface area (Å²) in [6.07, 6.45) is 68.4. The van der Waals surface area contributed by atoms with Gasteiger partial charge in [-0.25, -0.2) is 0 Å². The van der Waals surface area contributed by atoms with E-state index in [9.17, 15) is 9.59 Å². The molecule has 0 aromatic carbocycles. The number of carbonyl (C=O) groups is 2. The van der Waals surface area contributed by atoms with Gasteiger partial charge in [0, 0.05) is 19.4 Å². The summed E-state index contributed by atoms with van der Waals surface area (Å²) in [5, 5.41) is 0. The van der Waals surface area contributed by atoms with Crippen LogP contribution in [0.15, 0.2) is 48.6 Å². The van der Waals surface area contributed by atoms with Crippen LogP contribution in [0.3, 0.4) is 0 Å². The zero-order valence-electron chi connectivity index (χ0n) is 43.1. The molecule has 0 fully saturated rings. The van der Waals surface area contributed by atoms with Gasteiger partial charge in [0.25, 0.3) is 0 Å². The van der Waals surface area contributed by atoms with Gasteiger partial charge in [-0.1, -0.05) is 249 Å². The maximum Gasteiger partial charge on any atom is 0.306 e. The van der Waals surface area contributed by atoms with Gasteiger partial charge in [0.05, 0.1) is 6.61 Å². The number of ether oxygens (including phenoxy) is 3. The van der Waals surface area contributed by atoms with Crippen LogP contribution in [0.4, 0.5) is 0 Å². The summed E-state index contributed by atoms with van der Waals surface area (Å²) < 4.78 is 17.4. The SMILES string of the molecule is CCCC/C=C\CCCCCCCCOCC(COC(=O)CCCCCCCC/C=C\C/C=C\C/C=C\CCCCC)OC(=O)CCCCCCCCCCCCCCCCCCC. The average Bonchev–Trinajstić information content (AvgIpc) is 3.30. The maximum absolute atomic E-state index is 12.8. The lowest BCUT2D eigenvalue weighted by Crippen LogP contribution is -2.30. The zero-order valence-corrected chi connectivity index (χ0v) is 43.1. The topological polar surface area (TPSA) is 61.8 Å². The van der Waals surface area contributed by atoms with Crippen molar-refractivity contribution in [2.24, 2.45) is 0 Å². The number of hydrogen-bond donors (Lipinski definition) is 0. The van der Waals surface area contributed by atoms with E-state index in [1.54, 1.807) is 0 Å². The highest BCUT2D eigenvalue weighted by molar-refractivity contribution is 5.70. The van der Waals surface area contributed by atoms with Crippen molar-refractivity contribution >= 4 is 11.9 Å². The molecule has 0 aromatic rings. The Morgan fingerprint density at radius 1 is 0.344 bits per heavy atom. The molecule has 0 amide bonds. The van der Waals surface area contributed by atoms with Crippen molar-refractivity contribution in [3.8, 4) is 0 Å². The van der Waals surface area contributed by atoms with Gasteiger partial charge >= 0.3 is 11.9 Å². The van der Waals surface area contributed by atoms with Crippen LogP contribution in [0, 0.1) is 0 Å². The molecule has 0 heterocycles. The molecule has 1 unspecified atom stereocenters. The molecule has 0 aliphatic carbocycles.